The van der Waals surface area contributed by atoms with E-state index in [1.807, 2.05) is 30.3 Å². The van der Waals surface area contributed by atoms with Gasteiger partial charge in [-0.05, 0) is 18.1 Å². The van der Waals surface area contributed by atoms with Gasteiger partial charge in [-0.2, -0.15) is 0 Å². The predicted octanol–water partition coefficient (Wildman–Crippen LogP) is 3.58. The molecule has 0 saturated heterocycles. The lowest BCUT2D eigenvalue weighted by Gasteiger charge is -2.15. The van der Waals surface area contributed by atoms with Crippen LogP contribution in [0.3, 0.4) is 0 Å². The fourth-order valence-corrected chi connectivity index (χ4v) is 2.65. The molecule has 3 N–H and O–H groups in total. The topological polar surface area (TPSA) is 63.3 Å². The number of hydrogen-bond donors (Lipinski definition) is 2. The highest BCUT2D eigenvalue weighted by Gasteiger charge is 2.12. The third-order valence-electron chi connectivity index (χ3n) is 2.85. The summed E-state index contributed by atoms with van der Waals surface area (Å²) >= 11 is 1.49. The van der Waals surface area contributed by atoms with E-state index in [-0.39, 0.29) is 6.04 Å². The lowest BCUT2D eigenvalue weighted by atomic mass is 10.1. The maximum atomic E-state index is 11.4. The molecule has 0 saturated carbocycles. The van der Waals surface area contributed by atoms with Crippen LogP contribution in [-0.4, -0.2) is 22.9 Å². The Labute approximate surface area is 124 Å². The third kappa shape index (κ3) is 5.63. The quantitative estimate of drug-likeness (QED) is 0.814. The monoisotopic (exact) mass is 291 g/mol. The Morgan fingerprint density at radius 1 is 1.15 bits per heavy atom. The van der Waals surface area contributed by atoms with E-state index in [1.165, 1.54) is 11.8 Å². The summed E-state index contributed by atoms with van der Waals surface area (Å²) in [6.45, 7) is 4.13. The Kier molecular flexibility index (Phi) is 7.12. The van der Waals surface area contributed by atoms with Crippen LogP contribution in [0.15, 0.2) is 53.4 Å². The first-order valence-corrected chi connectivity index (χ1v) is 7.55. The van der Waals surface area contributed by atoms with Gasteiger partial charge < -0.3 is 10.8 Å². The van der Waals surface area contributed by atoms with Crippen LogP contribution in [-0.2, 0) is 0 Å². The van der Waals surface area contributed by atoms with Gasteiger partial charge in [0.05, 0.1) is 5.56 Å². The summed E-state index contributed by atoms with van der Waals surface area (Å²) in [6.07, 6.45) is 0. The van der Waals surface area contributed by atoms with Crippen molar-refractivity contribution in [2.24, 2.45) is 11.7 Å². The van der Waals surface area contributed by atoms with Crippen molar-refractivity contribution >= 4 is 17.7 Å². The molecule has 20 heavy (non-hydrogen) atoms. The number of thioether (sulfide) groups is 1. The molecule has 0 fully saturated rings. The first kappa shape index (κ1) is 16.5. The molecule has 0 aliphatic heterocycles. The Morgan fingerprint density at radius 2 is 1.70 bits per heavy atom. The van der Waals surface area contributed by atoms with Gasteiger partial charge in [-0.25, -0.2) is 4.79 Å². The molecule has 4 heteroatoms. The van der Waals surface area contributed by atoms with Gasteiger partial charge in [0.1, 0.15) is 0 Å². The van der Waals surface area contributed by atoms with E-state index in [2.05, 4.69) is 13.8 Å². The molecule has 3 nitrogen and oxygen atoms in total. The van der Waals surface area contributed by atoms with Crippen LogP contribution < -0.4 is 5.73 Å². The molecule has 1 atom stereocenters. The molecule has 0 bridgehead atoms. The maximum Gasteiger partial charge on any atom is 0.336 e. The molecule has 1 aromatic carbocycles. The van der Waals surface area contributed by atoms with Crippen molar-refractivity contribution in [2.45, 2.75) is 24.8 Å². The summed E-state index contributed by atoms with van der Waals surface area (Å²) in [4.78, 5) is 12.1. The van der Waals surface area contributed by atoms with Crippen molar-refractivity contribution in [3.05, 3.63) is 54.1 Å². The minimum absolute atomic E-state index is 0.0470. The molecule has 0 aliphatic rings. The first-order valence-electron chi connectivity index (χ1n) is 6.56. The van der Waals surface area contributed by atoms with Gasteiger partial charge in [-0.15, -0.1) is 11.8 Å². The summed E-state index contributed by atoms with van der Waals surface area (Å²) in [5, 5.41) is 9.33. The van der Waals surface area contributed by atoms with Crippen LogP contribution in [0.4, 0.5) is 0 Å². The molecule has 0 amide bonds. The van der Waals surface area contributed by atoms with E-state index >= 15 is 0 Å². The number of hydrogen-bond acceptors (Lipinski definition) is 3. The highest BCUT2D eigenvalue weighted by Crippen LogP contribution is 2.23. The number of carbonyl (C=O) groups is 1. The molecule has 0 aromatic heterocycles. The number of carboxylic acid groups (broad SMARTS) is 1. The highest BCUT2D eigenvalue weighted by molar-refractivity contribution is 7.99. The second-order valence-electron chi connectivity index (χ2n) is 4.79. The summed E-state index contributed by atoms with van der Waals surface area (Å²) in [5.74, 6) is 0.143. The lowest BCUT2D eigenvalue weighted by Crippen LogP contribution is -2.28. The zero-order chi connectivity index (χ0) is 15.0. The van der Waals surface area contributed by atoms with Gasteiger partial charge in [0, 0.05) is 16.7 Å². The van der Waals surface area contributed by atoms with E-state index < -0.39 is 5.97 Å². The normalized spacial score (nSPS) is 11.8. The van der Waals surface area contributed by atoms with Crippen LogP contribution >= 0.6 is 11.8 Å². The number of rotatable bonds is 5. The Balaban J connectivity index is 3.11. The van der Waals surface area contributed by atoms with E-state index in [4.69, 9.17) is 5.73 Å². The smallest absolute Gasteiger partial charge is 0.336 e. The SMILES string of the molecule is CC(C)C(N)CSc1ccccccccc1C(=O)O. The summed E-state index contributed by atoms with van der Waals surface area (Å²) in [5.41, 5.74) is 6.32. The van der Waals surface area contributed by atoms with E-state index in [9.17, 15) is 9.90 Å². The average molecular weight is 291 g/mol. The number of aromatic carboxylic acids is 1. The lowest BCUT2D eigenvalue weighted by molar-refractivity contribution is 0.0693. The Bertz CT molecular complexity index is 502. The van der Waals surface area contributed by atoms with E-state index in [0.717, 1.165) is 4.90 Å². The molecule has 0 heterocycles. The second-order valence-corrected chi connectivity index (χ2v) is 5.85. The summed E-state index contributed by atoms with van der Waals surface area (Å²) < 4.78 is 0. The molecule has 0 spiro atoms. The Morgan fingerprint density at radius 3 is 2.25 bits per heavy atom. The minimum Gasteiger partial charge on any atom is -0.478 e. The minimum atomic E-state index is -0.926. The molecule has 108 valence electrons. The highest BCUT2D eigenvalue weighted by atomic mass is 32.2. The molecule has 1 unspecified atom stereocenters. The largest absolute Gasteiger partial charge is 0.478 e. The van der Waals surface area contributed by atoms with Crippen molar-refractivity contribution < 1.29 is 9.90 Å². The molecule has 0 radical (unpaired) electrons. The second kappa shape index (κ2) is 8.61. The molecular formula is C16H21NO2S. The number of nitrogens with two attached hydrogens (primary N) is 1. The average Bonchev–Trinajstić information content (AvgIpc) is 2.41. The van der Waals surface area contributed by atoms with E-state index in [1.54, 1.807) is 18.2 Å². The summed E-state index contributed by atoms with van der Waals surface area (Å²) in [7, 11) is 0. The fraction of sp³-hybridized carbons (Fsp3) is 0.312. The van der Waals surface area contributed by atoms with Crippen molar-refractivity contribution in [3.63, 3.8) is 0 Å². The van der Waals surface area contributed by atoms with Crippen molar-refractivity contribution in [3.8, 4) is 0 Å². The molecule has 1 aromatic rings. The van der Waals surface area contributed by atoms with Gasteiger partial charge in [0.2, 0.25) is 0 Å². The van der Waals surface area contributed by atoms with Crippen molar-refractivity contribution in [1.82, 2.24) is 0 Å². The zero-order valence-electron chi connectivity index (χ0n) is 11.8. The fourth-order valence-electron chi connectivity index (χ4n) is 1.40. The van der Waals surface area contributed by atoms with Crippen LogP contribution in [0.1, 0.15) is 24.2 Å². The van der Waals surface area contributed by atoms with E-state index in [0.29, 0.717) is 17.2 Å². The first-order chi connectivity index (χ1) is 9.52. The summed E-state index contributed by atoms with van der Waals surface area (Å²) in [6, 6.07) is 14.5. The Hall–Kier alpha value is -1.52. The van der Waals surface area contributed by atoms with Crippen LogP contribution in [0.5, 0.6) is 0 Å². The van der Waals surface area contributed by atoms with Crippen molar-refractivity contribution in [1.29, 1.82) is 0 Å². The number of carboxylic acids is 1. The van der Waals surface area contributed by atoms with Crippen LogP contribution in [0, 0.1) is 5.92 Å². The van der Waals surface area contributed by atoms with Crippen LogP contribution in [0.2, 0.25) is 0 Å². The molecular weight excluding hydrogens is 270 g/mol. The molecule has 1 rings (SSSR count). The van der Waals surface area contributed by atoms with Gasteiger partial charge in [-0.1, -0.05) is 50.2 Å². The van der Waals surface area contributed by atoms with Gasteiger partial charge in [-0.3, -0.25) is 0 Å². The predicted molar refractivity (Wildman–Crippen MR) is 84.6 cm³/mol. The standard InChI is InChI=1S/C16H21NO2S/c1-12(2)14(17)11-20-15-10-8-6-4-3-5-7-9-13(15)16(18)19/h3-10,12,14H,11,17H2,1-2H3,(H,18,19). The molecule has 0 aliphatic carbocycles. The van der Waals surface area contributed by atoms with Gasteiger partial charge >= 0.3 is 5.97 Å². The van der Waals surface area contributed by atoms with Gasteiger partial charge in [0.15, 0.2) is 0 Å². The van der Waals surface area contributed by atoms with Gasteiger partial charge in [0.25, 0.3) is 0 Å². The maximum absolute atomic E-state index is 11.4. The van der Waals surface area contributed by atoms with Crippen LogP contribution in [0.25, 0.3) is 0 Å². The zero-order valence-corrected chi connectivity index (χ0v) is 12.6. The third-order valence-corrected chi connectivity index (χ3v) is 4.07. The van der Waals surface area contributed by atoms with Crippen molar-refractivity contribution in [2.75, 3.05) is 5.75 Å².